The third-order valence-electron chi connectivity index (χ3n) is 9.67. The zero-order valence-electron chi connectivity index (χ0n) is 24.6. The normalized spacial score (nSPS) is 28.0. The summed E-state index contributed by atoms with van der Waals surface area (Å²) in [6.45, 7) is 4.24. The van der Waals surface area contributed by atoms with E-state index in [1.54, 1.807) is 0 Å². The molecule has 2 bridgehead atoms. The monoisotopic (exact) mass is 566 g/mol. The van der Waals surface area contributed by atoms with Crippen molar-refractivity contribution in [2.75, 3.05) is 13.2 Å². The Morgan fingerprint density at radius 1 is 1.10 bits per heavy atom. The number of aliphatic carboxylic acids is 1. The van der Waals surface area contributed by atoms with Gasteiger partial charge in [-0.15, -0.1) is 0 Å². The highest BCUT2D eigenvalue weighted by molar-refractivity contribution is 6.00. The number of fused-ring (bicyclic) bond motifs is 3. The van der Waals surface area contributed by atoms with Crippen LogP contribution in [0.5, 0.6) is 0 Å². The second-order valence-electron chi connectivity index (χ2n) is 12.6. The van der Waals surface area contributed by atoms with Gasteiger partial charge in [-0.05, 0) is 76.3 Å². The summed E-state index contributed by atoms with van der Waals surface area (Å²) in [4.78, 5) is 38.2. The molecule has 5 rings (SSSR count). The maximum absolute atomic E-state index is 14.1. The molecule has 0 amide bonds. The minimum Gasteiger partial charge on any atom is -0.481 e. The van der Waals surface area contributed by atoms with Crippen molar-refractivity contribution in [3.63, 3.8) is 0 Å². The highest BCUT2D eigenvalue weighted by atomic mass is 16.6. The molecule has 0 spiro atoms. The molecule has 5 atom stereocenters. The van der Waals surface area contributed by atoms with Crippen LogP contribution in [0.25, 0.3) is 11.0 Å². The summed E-state index contributed by atoms with van der Waals surface area (Å²) in [5, 5.41) is 22.5. The molecule has 0 radical (unpaired) electrons. The minimum absolute atomic E-state index is 0.00759. The molecule has 3 fully saturated rings. The van der Waals surface area contributed by atoms with Gasteiger partial charge in [-0.25, -0.2) is 4.98 Å². The van der Waals surface area contributed by atoms with Crippen LogP contribution < -0.4 is 5.56 Å². The number of nitrogens with zero attached hydrogens (tertiary/aromatic N) is 4. The Labute approximate surface area is 242 Å². The van der Waals surface area contributed by atoms with Gasteiger partial charge >= 0.3 is 5.97 Å². The number of hydrogen-bond donors (Lipinski definition) is 2. The van der Waals surface area contributed by atoms with Crippen LogP contribution in [0.3, 0.4) is 0 Å². The highest BCUT2D eigenvalue weighted by Crippen LogP contribution is 2.44. The molecule has 9 nitrogen and oxygen atoms in total. The number of rotatable bonds is 11. The second kappa shape index (κ2) is 13.5. The molecule has 2 N–H and O–H groups in total. The van der Waals surface area contributed by atoms with Gasteiger partial charge in [0.2, 0.25) is 0 Å². The number of aliphatic hydroxyl groups excluding tert-OH is 1. The predicted octanol–water partition coefficient (Wildman–Crippen LogP) is 5.14. The first-order valence-corrected chi connectivity index (χ1v) is 15.7. The fourth-order valence-corrected chi connectivity index (χ4v) is 8.02. The number of oxime groups is 1. The van der Waals surface area contributed by atoms with Crippen LogP contribution in [0.4, 0.5) is 0 Å². The van der Waals surface area contributed by atoms with E-state index in [4.69, 9.17) is 9.94 Å². The summed E-state index contributed by atoms with van der Waals surface area (Å²) in [5.41, 5.74) is 1.46. The van der Waals surface area contributed by atoms with Gasteiger partial charge in [0.1, 0.15) is 12.3 Å². The molecule has 1 aromatic heterocycles. The topological polar surface area (TPSA) is 117 Å². The van der Waals surface area contributed by atoms with Crippen LogP contribution in [0, 0.1) is 11.8 Å². The van der Waals surface area contributed by atoms with E-state index in [9.17, 15) is 14.7 Å². The van der Waals surface area contributed by atoms with Crippen LogP contribution in [0.1, 0.15) is 103 Å². The van der Waals surface area contributed by atoms with Gasteiger partial charge in [-0.3, -0.25) is 14.5 Å². The van der Waals surface area contributed by atoms with Crippen LogP contribution in [0.2, 0.25) is 0 Å². The number of aromatic nitrogens is 2. The second-order valence-corrected chi connectivity index (χ2v) is 12.6. The number of piperidine rings is 1. The molecule has 3 aliphatic rings. The van der Waals surface area contributed by atoms with Crippen molar-refractivity contribution < 1.29 is 19.8 Å². The SMILES string of the molecule is C[C@H]1CCC[C@@H](C[C@H](C)n2c(=O)c(/C(CCC(=O)O)=N/OCCO)nc3ccccc32)N1C1CC2CCCC(C2)C1. The molecule has 2 unspecified atom stereocenters. The largest absolute Gasteiger partial charge is 0.481 e. The third kappa shape index (κ3) is 6.83. The molecule has 224 valence electrons. The quantitative estimate of drug-likeness (QED) is 0.220. The molecule has 1 saturated heterocycles. The number of aliphatic hydroxyl groups is 1. The summed E-state index contributed by atoms with van der Waals surface area (Å²) in [5.74, 6) is 0.740. The first-order valence-electron chi connectivity index (χ1n) is 15.7. The van der Waals surface area contributed by atoms with Crippen LogP contribution in [-0.4, -0.2) is 67.7 Å². The molecule has 2 aliphatic carbocycles. The van der Waals surface area contributed by atoms with E-state index in [2.05, 4.69) is 28.9 Å². The average Bonchev–Trinajstić information content (AvgIpc) is 2.94. The van der Waals surface area contributed by atoms with Crippen molar-refractivity contribution in [3.8, 4) is 0 Å². The number of hydrogen-bond acceptors (Lipinski definition) is 7. The number of carboxylic acid groups (broad SMARTS) is 1. The predicted molar refractivity (Wildman–Crippen MR) is 159 cm³/mol. The zero-order valence-corrected chi connectivity index (χ0v) is 24.6. The van der Waals surface area contributed by atoms with E-state index in [0.29, 0.717) is 23.6 Å². The van der Waals surface area contributed by atoms with Crippen molar-refractivity contribution >= 4 is 22.7 Å². The van der Waals surface area contributed by atoms with Crippen molar-refractivity contribution in [2.24, 2.45) is 17.0 Å². The number of benzene rings is 1. The number of para-hydroxylation sites is 2. The van der Waals surface area contributed by atoms with Crippen molar-refractivity contribution in [2.45, 2.75) is 115 Å². The summed E-state index contributed by atoms with van der Waals surface area (Å²) in [6, 6.07) is 9.12. The Morgan fingerprint density at radius 2 is 1.83 bits per heavy atom. The smallest absolute Gasteiger partial charge is 0.303 e. The molecule has 1 aromatic carbocycles. The lowest BCUT2D eigenvalue weighted by molar-refractivity contribution is -0.136. The summed E-state index contributed by atoms with van der Waals surface area (Å²) < 4.78 is 1.84. The van der Waals surface area contributed by atoms with Crippen LogP contribution in [0.15, 0.2) is 34.2 Å². The Hall–Kier alpha value is -2.78. The fraction of sp³-hybridized carbons (Fsp3) is 0.688. The van der Waals surface area contributed by atoms with E-state index in [-0.39, 0.29) is 49.1 Å². The first-order chi connectivity index (χ1) is 19.9. The Bertz CT molecular complexity index is 1280. The minimum atomic E-state index is -0.993. The molecule has 2 aromatic rings. The maximum Gasteiger partial charge on any atom is 0.303 e. The van der Waals surface area contributed by atoms with Gasteiger partial charge in [0, 0.05) is 30.6 Å². The number of carbonyl (C=O) groups is 1. The van der Waals surface area contributed by atoms with E-state index in [1.807, 2.05) is 28.8 Å². The third-order valence-corrected chi connectivity index (χ3v) is 9.67. The van der Waals surface area contributed by atoms with Gasteiger partial charge in [0.15, 0.2) is 5.69 Å². The summed E-state index contributed by atoms with van der Waals surface area (Å²) >= 11 is 0. The van der Waals surface area contributed by atoms with Gasteiger partial charge in [-0.1, -0.05) is 43.0 Å². The van der Waals surface area contributed by atoms with Gasteiger partial charge < -0.3 is 19.6 Å². The standard InChI is InChI=1S/C32H46N4O5/c1-21-7-5-10-25(35(21)26-19-23-8-6-9-24(18-23)20-26)17-22(2)36-29-12-4-3-11-27(29)33-31(32(36)40)28(13-14-30(38)39)34-41-16-15-37/h3-4,11-12,21-26,37H,5-10,13-20H2,1-2H3,(H,38,39)/b34-28+/t21-,22-,23?,24?,25-,26?/m0/s1. The average molecular weight is 567 g/mol. The van der Waals surface area contributed by atoms with E-state index < -0.39 is 5.97 Å². The highest BCUT2D eigenvalue weighted by Gasteiger charge is 2.40. The van der Waals surface area contributed by atoms with E-state index in [0.717, 1.165) is 30.2 Å². The summed E-state index contributed by atoms with van der Waals surface area (Å²) in [7, 11) is 0. The zero-order chi connectivity index (χ0) is 28.9. The lowest BCUT2D eigenvalue weighted by Crippen LogP contribution is -2.54. The van der Waals surface area contributed by atoms with Crippen molar-refractivity contribution in [1.29, 1.82) is 0 Å². The van der Waals surface area contributed by atoms with Crippen molar-refractivity contribution in [1.82, 2.24) is 14.5 Å². The van der Waals surface area contributed by atoms with Crippen molar-refractivity contribution in [3.05, 3.63) is 40.3 Å². The molecule has 1 aliphatic heterocycles. The Balaban J connectivity index is 1.47. The number of likely N-dealkylation sites (tertiary alicyclic amines) is 1. The van der Waals surface area contributed by atoms with Gasteiger partial charge in [0.25, 0.3) is 5.56 Å². The molecular weight excluding hydrogens is 520 g/mol. The molecule has 2 heterocycles. The van der Waals surface area contributed by atoms with Crippen LogP contribution in [-0.2, 0) is 9.63 Å². The number of carboxylic acids is 1. The lowest BCUT2D eigenvalue weighted by Gasteiger charge is -2.51. The lowest BCUT2D eigenvalue weighted by atomic mass is 9.69. The molecule has 2 saturated carbocycles. The van der Waals surface area contributed by atoms with Gasteiger partial charge in [0.05, 0.1) is 24.1 Å². The fourth-order valence-electron chi connectivity index (χ4n) is 8.02. The Kier molecular flexibility index (Phi) is 9.75. The molecule has 41 heavy (non-hydrogen) atoms. The van der Waals surface area contributed by atoms with Crippen LogP contribution >= 0.6 is 0 Å². The van der Waals surface area contributed by atoms with E-state index in [1.165, 1.54) is 51.4 Å². The molecular formula is C32H46N4O5. The Morgan fingerprint density at radius 3 is 2.56 bits per heavy atom. The summed E-state index contributed by atoms with van der Waals surface area (Å²) in [6.07, 6.45) is 12.4. The first kappa shape index (κ1) is 29.7. The maximum atomic E-state index is 14.1. The van der Waals surface area contributed by atoms with E-state index >= 15 is 0 Å². The molecule has 9 heteroatoms. The van der Waals surface area contributed by atoms with Gasteiger partial charge in [-0.2, -0.15) is 0 Å².